The largest absolute Gasteiger partial charge is 0.319 e. The van der Waals surface area contributed by atoms with E-state index in [2.05, 4.69) is 20.0 Å². The highest BCUT2D eigenvalue weighted by Gasteiger charge is 2.14. The van der Waals surface area contributed by atoms with Crippen molar-refractivity contribution in [3.05, 3.63) is 70.8 Å². The van der Waals surface area contributed by atoms with Gasteiger partial charge < -0.3 is 5.32 Å². The van der Waals surface area contributed by atoms with Crippen molar-refractivity contribution in [1.29, 1.82) is 0 Å². The first-order chi connectivity index (χ1) is 14.2. The Hall–Kier alpha value is -3.04. The second-order valence-electron chi connectivity index (χ2n) is 6.47. The third kappa shape index (κ3) is 5.31. The molecule has 10 heteroatoms. The Morgan fingerprint density at radius 2 is 1.97 bits per heavy atom. The van der Waals surface area contributed by atoms with Crippen molar-refractivity contribution >= 4 is 39.0 Å². The molecule has 2 N–H and O–H groups in total. The normalized spacial score (nSPS) is 11.2. The summed E-state index contributed by atoms with van der Waals surface area (Å²) in [6.45, 7) is 1.91. The topological polar surface area (TPSA) is 101 Å². The molecule has 2 aromatic carbocycles. The van der Waals surface area contributed by atoms with Gasteiger partial charge in [-0.2, -0.15) is 0 Å². The Balaban J connectivity index is 1.87. The molecule has 0 radical (unpaired) electrons. The number of sulfonamides is 1. The minimum atomic E-state index is -3.60. The van der Waals surface area contributed by atoms with Gasteiger partial charge in [0.2, 0.25) is 10.0 Å². The molecule has 0 unspecified atom stereocenters. The Kier molecular flexibility index (Phi) is 6.33. The average Bonchev–Trinajstić information content (AvgIpc) is 2.70. The Morgan fingerprint density at radius 3 is 2.63 bits per heavy atom. The molecular weight excluding hydrogens is 431 g/mol. The van der Waals surface area contributed by atoms with Crippen LogP contribution >= 0.6 is 11.6 Å². The zero-order valence-corrected chi connectivity index (χ0v) is 17.7. The number of nitrogens with zero attached hydrogens (tertiary/aromatic N) is 2. The monoisotopic (exact) mass is 448 g/mol. The van der Waals surface area contributed by atoms with E-state index in [0.29, 0.717) is 17.7 Å². The Bertz CT molecular complexity index is 1220. The van der Waals surface area contributed by atoms with Crippen LogP contribution in [0.15, 0.2) is 48.7 Å². The van der Waals surface area contributed by atoms with Crippen molar-refractivity contribution in [1.82, 2.24) is 9.97 Å². The van der Waals surface area contributed by atoms with Gasteiger partial charge in [0.15, 0.2) is 11.0 Å². The van der Waals surface area contributed by atoms with Crippen molar-refractivity contribution in [2.45, 2.75) is 13.3 Å². The molecule has 1 aromatic heterocycles. The zero-order chi connectivity index (χ0) is 21.9. The number of hydrogen-bond acceptors (Lipinski definition) is 5. The van der Waals surface area contributed by atoms with E-state index in [9.17, 15) is 17.6 Å². The predicted molar refractivity (Wildman–Crippen MR) is 115 cm³/mol. The lowest BCUT2D eigenvalue weighted by atomic mass is 10.1. The third-order valence-electron chi connectivity index (χ3n) is 4.12. The lowest BCUT2D eigenvalue weighted by Crippen LogP contribution is -2.13. The summed E-state index contributed by atoms with van der Waals surface area (Å²) in [6.07, 6.45) is 3.01. The molecule has 30 heavy (non-hydrogen) atoms. The summed E-state index contributed by atoms with van der Waals surface area (Å²) in [4.78, 5) is 20.7. The average molecular weight is 449 g/mol. The van der Waals surface area contributed by atoms with Crippen LogP contribution in [-0.4, -0.2) is 30.5 Å². The minimum absolute atomic E-state index is 0.0773. The van der Waals surface area contributed by atoms with Crippen LogP contribution in [0.3, 0.4) is 0 Å². The maximum absolute atomic E-state index is 14.2. The highest BCUT2D eigenvalue weighted by molar-refractivity contribution is 7.92. The van der Waals surface area contributed by atoms with Crippen LogP contribution in [0.25, 0.3) is 11.3 Å². The van der Waals surface area contributed by atoms with Gasteiger partial charge in [0.05, 0.1) is 23.8 Å². The van der Waals surface area contributed by atoms with Crippen LogP contribution in [0.4, 0.5) is 15.9 Å². The second-order valence-corrected chi connectivity index (χ2v) is 8.58. The van der Waals surface area contributed by atoms with Crippen LogP contribution in [0, 0.1) is 5.82 Å². The molecule has 0 saturated heterocycles. The SMILES string of the molecule is CCc1ccc(NC(=O)c2cccc(-c3cnc(Cl)c(NS(C)(=O)=O)n3)c2)c(F)c1. The molecule has 7 nitrogen and oxygen atoms in total. The van der Waals surface area contributed by atoms with E-state index >= 15 is 0 Å². The van der Waals surface area contributed by atoms with Crippen molar-refractivity contribution in [2.75, 3.05) is 16.3 Å². The molecule has 3 aromatic rings. The number of halogens is 2. The fourth-order valence-electron chi connectivity index (χ4n) is 2.65. The van der Waals surface area contributed by atoms with Crippen molar-refractivity contribution in [2.24, 2.45) is 0 Å². The number of carbonyl (C=O) groups is 1. The van der Waals surface area contributed by atoms with Gasteiger partial charge >= 0.3 is 0 Å². The molecule has 0 saturated carbocycles. The van der Waals surface area contributed by atoms with E-state index in [1.54, 1.807) is 24.3 Å². The number of anilines is 2. The standard InChI is InChI=1S/C20H18ClFN4O3S/c1-3-12-7-8-16(15(22)9-12)25-20(27)14-6-4-5-13(10-14)17-11-23-18(21)19(24-17)26-30(2,28)29/h4-11H,3H2,1-2H3,(H,24,26)(H,25,27). The van der Waals surface area contributed by atoms with Gasteiger partial charge in [-0.1, -0.05) is 36.7 Å². The fraction of sp³-hybridized carbons (Fsp3) is 0.150. The lowest BCUT2D eigenvalue weighted by Gasteiger charge is -2.10. The molecule has 0 fully saturated rings. The number of aryl methyl sites for hydroxylation is 1. The van der Waals surface area contributed by atoms with Crippen LogP contribution < -0.4 is 10.0 Å². The first-order valence-electron chi connectivity index (χ1n) is 8.87. The number of nitrogens with one attached hydrogen (secondary N) is 2. The van der Waals surface area contributed by atoms with E-state index < -0.39 is 21.7 Å². The predicted octanol–water partition coefficient (Wildman–Crippen LogP) is 4.12. The van der Waals surface area contributed by atoms with Gasteiger partial charge in [-0.25, -0.2) is 22.8 Å². The molecule has 0 spiro atoms. The van der Waals surface area contributed by atoms with Crippen molar-refractivity contribution in [3.8, 4) is 11.3 Å². The van der Waals surface area contributed by atoms with Gasteiger partial charge in [0.1, 0.15) is 5.82 Å². The summed E-state index contributed by atoms with van der Waals surface area (Å²) >= 11 is 5.90. The number of amides is 1. The van der Waals surface area contributed by atoms with Gasteiger partial charge in [0, 0.05) is 11.1 Å². The smallest absolute Gasteiger partial charge is 0.255 e. The van der Waals surface area contributed by atoms with Gasteiger partial charge in [0.25, 0.3) is 5.91 Å². The van der Waals surface area contributed by atoms with E-state index in [4.69, 9.17) is 11.6 Å². The first-order valence-corrected chi connectivity index (χ1v) is 11.1. The molecule has 0 aliphatic carbocycles. The molecule has 0 bridgehead atoms. The molecule has 156 valence electrons. The quantitative estimate of drug-likeness (QED) is 0.590. The van der Waals surface area contributed by atoms with E-state index in [1.165, 1.54) is 24.4 Å². The van der Waals surface area contributed by atoms with E-state index in [-0.39, 0.29) is 22.2 Å². The number of benzene rings is 2. The van der Waals surface area contributed by atoms with Crippen LogP contribution in [-0.2, 0) is 16.4 Å². The number of rotatable bonds is 6. The number of hydrogen-bond donors (Lipinski definition) is 2. The second kappa shape index (κ2) is 8.76. The summed E-state index contributed by atoms with van der Waals surface area (Å²) < 4.78 is 39.3. The lowest BCUT2D eigenvalue weighted by molar-refractivity contribution is 0.102. The Labute approximate surface area is 178 Å². The van der Waals surface area contributed by atoms with E-state index in [1.807, 2.05) is 6.92 Å². The highest BCUT2D eigenvalue weighted by atomic mass is 35.5. The molecule has 3 rings (SSSR count). The van der Waals surface area contributed by atoms with Crippen molar-refractivity contribution in [3.63, 3.8) is 0 Å². The summed E-state index contributed by atoms with van der Waals surface area (Å²) in [6, 6.07) is 11.0. The Morgan fingerprint density at radius 1 is 1.20 bits per heavy atom. The third-order valence-corrected chi connectivity index (χ3v) is 4.96. The maximum Gasteiger partial charge on any atom is 0.255 e. The van der Waals surface area contributed by atoms with E-state index in [0.717, 1.165) is 11.8 Å². The van der Waals surface area contributed by atoms with Crippen LogP contribution in [0.5, 0.6) is 0 Å². The molecule has 0 aliphatic heterocycles. The zero-order valence-electron chi connectivity index (χ0n) is 16.1. The van der Waals surface area contributed by atoms with Gasteiger partial charge in [-0.3, -0.25) is 9.52 Å². The number of carbonyl (C=O) groups excluding carboxylic acids is 1. The first kappa shape index (κ1) is 21.7. The fourth-order valence-corrected chi connectivity index (χ4v) is 3.34. The van der Waals surface area contributed by atoms with Crippen molar-refractivity contribution < 1.29 is 17.6 Å². The molecule has 1 amide bonds. The maximum atomic E-state index is 14.2. The summed E-state index contributed by atoms with van der Waals surface area (Å²) in [5, 5.41) is 2.44. The summed E-state index contributed by atoms with van der Waals surface area (Å²) in [5.74, 6) is -1.14. The molecular formula is C20H18ClFN4O3S. The molecule has 0 aliphatic rings. The van der Waals surface area contributed by atoms with Crippen LogP contribution in [0.1, 0.15) is 22.8 Å². The van der Waals surface area contributed by atoms with Gasteiger partial charge in [-0.15, -0.1) is 0 Å². The highest BCUT2D eigenvalue weighted by Crippen LogP contribution is 2.25. The summed E-state index contributed by atoms with van der Waals surface area (Å²) in [5.41, 5.74) is 1.98. The molecule has 1 heterocycles. The van der Waals surface area contributed by atoms with Gasteiger partial charge in [-0.05, 0) is 36.2 Å². The molecule has 0 atom stereocenters. The van der Waals surface area contributed by atoms with Crippen LogP contribution in [0.2, 0.25) is 5.15 Å². The minimum Gasteiger partial charge on any atom is -0.319 e. The number of aromatic nitrogens is 2. The summed E-state index contributed by atoms with van der Waals surface area (Å²) in [7, 11) is -3.60.